The predicted octanol–water partition coefficient (Wildman–Crippen LogP) is 3.57. The Morgan fingerprint density at radius 2 is 1.88 bits per heavy atom. The molecule has 1 aromatic carbocycles. The van der Waals surface area contributed by atoms with E-state index in [9.17, 15) is 18.0 Å². The standard InChI is InChI=1S/C19H27F3N2O2/c1-13-8-14(2)10-24(9-13)11-15(3)23-18(25)12-26-17-7-5-4-6-16(17)19(20,21)22/h4-7,13-15H,8-12H2,1-3H3,(H,23,25). The molecular formula is C19H27F3N2O2. The van der Waals surface area contributed by atoms with Gasteiger partial charge in [-0.15, -0.1) is 0 Å². The molecule has 0 radical (unpaired) electrons. The van der Waals surface area contributed by atoms with Crippen molar-refractivity contribution in [2.75, 3.05) is 26.2 Å². The average Bonchev–Trinajstić information content (AvgIpc) is 2.51. The number of hydrogen-bond acceptors (Lipinski definition) is 3. The Labute approximate surface area is 152 Å². The van der Waals surface area contributed by atoms with Crippen LogP contribution in [0.25, 0.3) is 0 Å². The molecule has 1 saturated heterocycles. The number of benzene rings is 1. The molecule has 2 rings (SSSR count). The summed E-state index contributed by atoms with van der Waals surface area (Å²) in [5.41, 5.74) is -0.878. The number of carbonyl (C=O) groups excluding carboxylic acids is 1. The van der Waals surface area contributed by atoms with Crippen molar-refractivity contribution in [3.8, 4) is 5.75 Å². The number of piperidine rings is 1. The van der Waals surface area contributed by atoms with Crippen molar-refractivity contribution in [1.29, 1.82) is 0 Å². The van der Waals surface area contributed by atoms with Gasteiger partial charge in [-0.05, 0) is 37.3 Å². The highest BCUT2D eigenvalue weighted by molar-refractivity contribution is 5.77. The summed E-state index contributed by atoms with van der Waals surface area (Å²) in [7, 11) is 0. The molecule has 146 valence electrons. The lowest BCUT2D eigenvalue weighted by Gasteiger charge is -2.36. The fourth-order valence-corrected chi connectivity index (χ4v) is 3.66. The van der Waals surface area contributed by atoms with E-state index in [1.54, 1.807) is 0 Å². The Morgan fingerprint density at radius 1 is 1.27 bits per heavy atom. The van der Waals surface area contributed by atoms with Gasteiger partial charge in [-0.1, -0.05) is 26.0 Å². The Morgan fingerprint density at radius 3 is 2.50 bits per heavy atom. The summed E-state index contributed by atoms with van der Waals surface area (Å²) in [4.78, 5) is 14.3. The summed E-state index contributed by atoms with van der Waals surface area (Å²) < 4.78 is 43.9. The van der Waals surface area contributed by atoms with Crippen LogP contribution in [0.2, 0.25) is 0 Å². The largest absolute Gasteiger partial charge is 0.483 e. The van der Waals surface area contributed by atoms with Crippen molar-refractivity contribution >= 4 is 5.91 Å². The maximum Gasteiger partial charge on any atom is 0.419 e. The molecule has 4 nitrogen and oxygen atoms in total. The molecule has 1 fully saturated rings. The summed E-state index contributed by atoms with van der Waals surface area (Å²) in [6.07, 6.45) is -3.30. The molecule has 0 aliphatic carbocycles. The molecule has 1 N–H and O–H groups in total. The summed E-state index contributed by atoms with van der Waals surface area (Å²) in [5, 5.41) is 2.80. The zero-order valence-electron chi connectivity index (χ0n) is 15.5. The highest BCUT2D eigenvalue weighted by Crippen LogP contribution is 2.35. The van der Waals surface area contributed by atoms with E-state index < -0.39 is 24.3 Å². The number of rotatable bonds is 6. The lowest BCUT2D eigenvalue weighted by atomic mass is 9.92. The lowest BCUT2D eigenvalue weighted by Crippen LogP contribution is -2.47. The first kappa shape index (κ1) is 20.6. The van der Waals surface area contributed by atoms with Crippen molar-refractivity contribution in [3.05, 3.63) is 29.8 Å². The highest BCUT2D eigenvalue weighted by Gasteiger charge is 2.34. The maximum absolute atomic E-state index is 12.9. The molecule has 0 bridgehead atoms. The van der Waals surface area contributed by atoms with Crippen LogP contribution in [-0.2, 0) is 11.0 Å². The highest BCUT2D eigenvalue weighted by atomic mass is 19.4. The van der Waals surface area contributed by atoms with Crippen LogP contribution >= 0.6 is 0 Å². The molecule has 3 unspecified atom stereocenters. The van der Waals surface area contributed by atoms with Crippen LogP contribution in [0.1, 0.15) is 32.8 Å². The van der Waals surface area contributed by atoms with Gasteiger partial charge >= 0.3 is 6.18 Å². The van der Waals surface area contributed by atoms with Crippen LogP contribution in [0.5, 0.6) is 5.75 Å². The summed E-state index contributed by atoms with van der Waals surface area (Å²) in [6, 6.07) is 4.80. The zero-order valence-corrected chi connectivity index (χ0v) is 15.5. The van der Waals surface area contributed by atoms with Gasteiger partial charge in [0.2, 0.25) is 0 Å². The van der Waals surface area contributed by atoms with Gasteiger partial charge in [-0.2, -0.15) is 13.2 Å². The van der Waals surface area contributed by atoms with Gasteiger partial charge < -0.3 is 15.0 Å². The minimum Gasteiger partial charge on any atom is -0.483 e. The summed E-state index contributed by atoms with van der Waals surface area (Å²) in [5.74, 6) is 0.502. The molecule has 7 heteroatoms. The van der Waals surface area contributed by atoms with Crippen LogP contribution in [0.4, 0.5) is 13.2 Å². The quantitative estimate of drug-likeness (QED) is 0.830. The first-order chi connectivity index (χ1) is 12.1. The molecule has 3 atom stereocenters. The number of halogens is 3. The second-order valence-electron chi connectivity index (χ2n) is 7.42. The van der Waals surface area contributed by atoms with Crippen LogP contribution in [0.3, 0.4) is 0 Å². The van der Waals surface area contributed by atoms with E-state index in [0.717, 1.165) is 25.7 Å². The molecule has 0 saturated carbocycles. The lowest BCUT2D eigenvalue weighted by molar-refractivity contribution is -0.139. The Kier molecular flexibility index (Phi) is 6.92. The zero-order chi connectivity index (χ0) is 19.3. The monoisotopic (exact) mass is 372 g/mol. The third-order valence-corrected chi connectivity index (χ3v) is 4.44. The van der Waals surface area contributed by atoms with Gasteiger partial charge in [-0.3, -0.25) is 4.79 Å². The Hall–Kier alpha value is -1.76. The van der Waals surface area contributed by atoms with Gasteiger partial charge in [0.05, 0.1) is 5.56 Å². The summed E-state index contributed by atoms with van der Waals surface area (Å²) >= 11 is 0. The van der Waals surface area contributed by atoms with E-state index in [2.05, 4.69) is 24.1 Å². The van der Waals surface area contributed by atoms with Crippen molar-refractivity contribution in [2.45, 2.75) is 39.4 Å². The van der Waals surface area contributed by atoms with Gasteiger partial charge in [0.1, 0.15) is 5.75 Å². The second kappa shape index (κ2) is 8.75. The van der Waals surface area contributed by atoms with E-state index in [0.29, 0.717) is 11.8 Å². The molecule has 1 aromatic rings. The second-order valence-corrected chi connectivity index (χ2v) is 7.42. The van der Waals surface area contributed by atoms with E-state index in [1.807, 2.05) is 6.92 Å². The van der Waals surface area contributed by atoms with Crippen molar-refractivity contribution < 1.29 is 22.7 Å². The number of ether oxygens (including phenoxy) is 1. The third-order valence-electron chi connectivity index (χ3n) is 4.44. The van der Waals surface area contributed by atoms with Crippen molar-refractivity contribution in [3.63, 3.8) is 0 Å². The Balaban J connectivity index is 1.82. The number of carbonyl (C=O) groups is 1. The number of hydrogen-bond donors (Lipinski definition) is 1. The van der Waals surface area contributed by atoms with Crippen LogP contribution in [0.15, 0.2) is 24.3 Å². The molecule has 1 amide bonds. The van der Waals surface area contributed by atoms with Crippen LogP contribution in [-0.4, -0.2) is 43.1 Å². The van der Waals surface area contributed by atoms with E-state index >= 15 is 0 Å². The third kappa shape index (κ3) is 6.20. The molecule has 0 aromatic heterocycles. The number of para-hydroxylation sites is 1. The van der Waals surface area contributed by atoms with Crippen molar-refractivity contribution in [2.24, 2.45) is 11.8 Å². The van der Waals surface area contributed by atoms with Crippen molar-refractivity contribution in [1.82, 2.24) is 10.2 Å². The minimum atomic E-state index is -4.51. The smallest absolute Gasteiger partial charge is 0.419 e. The average molecular weight is 372 g/mol. The molecule has 1 aliphatic heterocycles. The number of alkyl halides is 3. The minimum absolute atomic E-state index is 0.0959. The van der Waals surface area contributed by atoms with Gasteiger partial charge in [0, 0.05) is 25.7 Å². The van der Waals surface area contributed by atoms with E-state index in [1.165, 1.54) is 24.6 Å². The predicted molar refractivity (Wildman–Crippen MR) is 93.9 cm³/mol. The fraction of sp³-hybridized carbons (Fsp3) is 0.632. The topological polar surface area (TPSA) is 41.6 Å². The number of amides is 1. The Bertz CT molecular complexity index is 597. The summed E-state index contributed by atoms with van der Waals surface area (Å²) in [6.45, 7) is 8.62. The molecule has 1 aliphatic rings. The van der Waals surface area contributed by atoms with E-state index in [-0.39, 0.29) is 11.8 Å². The molecule has 26 heavy (non-hydrogen) atoms. The van der Waals surface area contributed by atoms with Gasteiger partial charge in [0.25, 0.3) is 5.91 Å². The number of likely N-dealkylation sites (tertiary alicyclic amines) is 1. The SMILES string of the molecule is CC1CC(C)CN(CC(C)NC(=O)COc2ccccc2C(F)(F)F)C1. The fourth-order valence-electron chi connectivity index (χ4n) is 3.66. The number of nitrogens with one attached hydrogen (secondary N) is 1. The van der Waals surface area contributed by atoms with E-state index in [4.69, 9.17) is 4.74 Å². The molecular weight excluding hydrogens is 345 g/mol. The first-order valence-corrected chi connectivity index (χ1v) is 8.96. The van der Waals surface area contributed by atoms with Crippen LogP contribution < -0.4 is 10.1 Å². The normalized spacial score (nSPS) is 22.7. The molecule has 1 heterocycles. The van der Waals surface area contributed by atoms with Crippen LogP contribution in [0, 0.1) is 11.8 Å². The van der Waals surface area contributed by atoms with Gasteiger partial charge in [0.15, 0.2) is 6.61 Å². The first-order valence-electron chi connectivity index (χ1n) is 8.96. The maximum atomic E-state index is 12.9. The molecule has 0 spiro atoms. The van der Waals surface area contributed by atoms with Gasteiger partial charge in [-0.25, -0.2) is 0 Å². The number of nitrogens with zero attached hydrogens (tertiary/aromatic N) is 1.